The van der Waals surface area contributed by atoms with Crippen molar-refractivity contribution in [2.45, 2.75) is 59.9 Å². The number of hydrogen-bond donors (Lipinski definition) is 1. The molecule has 4 heteroatoms. The van der Waals surface area contributed by atoms with Gasteiger partial charge in [0.25, 0.3) is 0 Å². The van der Waals surface area contributed by atoms with Crippen LogP contribution in [0.5, 0.6) is 0 Å². The van der Waals surface area contributed by atoms with E-state index >= 15 is 0 Å². The van der Waals surface area contributed by atoms with Gasteiger partial charge in [-0.25, -0.2) is 4.79 Å². The number of esters is 1. The van der Waals surface area contributed by atoms with E-state index < -0.39 is 12.0 Å². The monoisotopic (exact) mass is 295 g/mol. The van der Waals surface area contributed by atoms with Crippen molar-refractivity contribution >= 4 is 11.9 Å². The van der Waals surface area contributed by atoms with Crippen molar-refractivity contribution < 1.29 is 14.3 Å². The van der Waals surface area contributed by atoms with Gasteiger partial charge < -0.3 is 10.1 Å². The van der Waals surface area contributed by atoms with E-state index in [4.69, 9.17) is 4.74 Å². The normalized spacial score (nSPS) is 12.8. The molecule has 0 aromatic heterocycles. The molecule has 0 spiro atoms. The number of nitrogens with one attached hydrogen (secondary N) is 1. The highest BCUT2D eigenvalue weighted by Gasteiger charge is 2.21. The van der Waals surface area contributed by atoms with Gasteiger partial charge in [0.1, 0.15) is 6.04 Å². The molecular weight excluding hydrogens is 266 g/mol. The van der Waals surface area contributed by atoms with Crippen molar-refractivity contribution in [1.82, 2.24) is 5.32 Å². The summed E-state index contributed by atoms with van der Waals surface area (Å²) in [6.07, 6.45) is 6.04. The van der Waals surface area contributed by atoms with Crippen molar-refractivity contribution in [3.8, 4) is 0 Å². The molecule has 1 unspecified atom stereocenters. The van der Waals surface area contributed by atoms with Crippen LogP contribution in [0.25, 0.3) is 0 Å². The quantitative estimate of drug-likeness (QED) is 0.424. The summed E-state index contributed by atoms with van der Waals surface area (Å²) in [7, 11) is 1.34. The number of methoxy groups -OCH3 is 1. The van der Waals surface area contributed by atoms with Gasteiger partial charge in [-0.2, -0.15) is 0 Å². The van der Waals surface area contributed by atoms with E-state index in [-0.39, 0.29) is 5.91 Å². The van der Waals surface area contributed by atoms with Crippen LogP contribution in [0.2, 0.25) is 0 Å². The van der Waals surface area contributed by atoms with E-state index in [9.17, 15) is 9.59 Å². The lowest BCUT2D eigenvalue weighted by Gasteiger charge is -2.17. The minimum absolute atomic E-state index is 0.235. The third-order valence-electron chi connectivity index (χ3n) is 2.98. The van der Waals surface area contributed by atoms with E-state index in [0.29, 0.717) is 12.3 Å². The SMILES string of the molecule is COC(=O)C(CC(C)C)NC(=O)C=C(C)CCC=C(C)C. The number of amides is 1. The molecular formula is C17H29NO3. The maximum absolute atomic E-state index is 12.0. The predicted octanol–water partition coefficient (Wildman–Crippen LogP) is 3.38. The lowest BCUT2D eigenvalue weighted by atomic mass is 10.0. The lowest BCUT2D eigenvalue weighted by Crippen LogP contribution is -2.41. The van der Waals surface area contributed by atoms with Gasteiger partial charge in [0, 0.05) is 6.08 Å². The Kier molecular flexibility index (Phi) is 9.42. The number of hydrogen-bond acceptors (Lipinski definition) is 3. The van der Waals surface area contributed by atoms with Crippen molar-refractivity contribution in [3.63, 3.8) is 0 Å². The second-order valence-corrected chi connectivity index (χ2v) is 6.02. The summed E-state index contributed by atoms with van der Waals surface area (Å²) < 4.78 is 4.73. The van der Waals surface area contributed by atoms with Crippen LogP contribution in [0.3, 0.4) is 0 Å². The number of ether oxygens (including phenoxy) is 1. The first-order valence-corrected chi connectivity index (χ1v) is 7.45. The Morgan fingerprint density at radius 1 is 1.19 bits per heavy atom. The van der Waals surface area contributed by atoms with Crippen LogP contribution in [0, 0.1) is 5.92 Å². The second-order valence-electron chi connectivity index (χ2n) is 6.02. The minimum atomic E-state index is -0.579. The third-order valence-corrected chi connectivity index (χ3v) is 2.98. The predicted molar refractivity (Wildman–Crippen MR) is 85.8 cm³/mol. The Balaban J connectivity index is 4.54. The highest BCUT2D eigenvalue weighted by atomic mass is 16.5. The Bertz CT molecular complexity index is 404. The summed E-state index contributed by atoms with van der Waals surface area (Å²) >= 11 is 0. The molecule has 0 radical (unpaired) electrons. The van der Waals surface area contributed by atoms with E-state index in [1.54, 1.807) is 6.08 Å². The van der Waals surface area contributed by atoms with Crippen molar-refractivity contribution in [2.75, 3.05) is 7.11 Å². The first kappa shape index (κ1) is 19.4. The van der Waals surface area contributed by atoms with Crippen LogP contribution >= 0.6 is 0 Å². The molecule has 0 heterocycles. The molecule has 0 aliphatic rings. The van der Waals surface area contributed by atoms with Crippen LogP contribution in [-0.2, 0) is 14.3 Å². The second kappa shape index (κ2) is 10.2. The van der Waals surface area contributed by atoms with Crippen molar-refractivity contribution in [3.05, 3.63) is 23.3 Å². The molecule has 1 atom stereocenters. The topological polar surface area (TPSA) is 55.4 Å². The molecule has 0 aliphatic heterocycles. The molecule has 1 amide bonds. The van der Waals surface area contributed by atoms with Crippen molar-refractivity contribution in [1.29, 1.82) is 0 Å². The fraction of sp³-hybridized carbons (Fsp3) is 0.647. The molecule has 0 fully saturated rings. The Hall–Kier alpha value is -1.58. The molecule has 0 saturated carbocycles. The van der Waals surface area contributed by atoms with Gasteiger partial charge in [-0.05, 0) is 46.0 Å². The first-order valence-electron chi connectivity index (χ1n) is 7.45. The van der Waals surface area contributed by atoms with Crippen LogP contribution in [0.1, 0.15) is 53.9 Å². The van der Waals surface area contributed by atoms with Crippen LogP contribution < -0.4 is 5.32 Å². The summed E-state index contributed by atoms with van der Waals surface area (Å²) in [5, 5.41) is 2.72. The zero-order valence-corrected chi connectivity index (χ0v) is 14.2. The average Bonchev–Trinajstić information content (AvgIpc) is 2.35. The zero-order chi connectivity index (χ0) is 16.4. The zero-order valence-electron chi connectivity index (χ0n) is 14.2. The van der Waals surface area contributed by atoms with Gasteiger partial charge in [0.05, 0.1) is 7.11 Å². The molecule has 0 saturated heterocycles. The summed E-state index contributed by atoms with van der Waals surface area (Å²) in [5.41, 5.74) is 2.27. The molecule has 1 N–H and O–H groups in total. The van der Waals surface area contributed by atoms with E-state index in [0.717, 1.165) is 18.4 Å². The smallest absolute Gasteiger partial charge is 0.328 e. The lowest BCUT2D eigenvalue weighted by molar-refractivity contribution is -0.145. The fourth-order valence-corrected chi connectivity index (χ4v) is 1.93. The fourth-order valence-electron chi connectivity index (χ4n) is 1.93. The number of allylic oxidation sites excluding steroid dienone is 3. The summed E-state index contributed by atoms with van der Waals surface area (Å²) in [4.78, 5) is 23.6. The average molecular weight is 295 g/mol. The van der Waals surface area contributed by atoms with Crippen LogP contribution in [0.15, 0.2) is 23.3 Å². The molecule has 4 nitrogen and oxygen atoms in total. The van der Waals surface area contributed by atoms with Gasteiger partial charge in [0.2, 0.25) is 5.91 Å². The van der Waals surface area contributed by atoms with Crippen LogP contribution in [-0.4, -0.2) is 25.0 Å². The largest absolute Gasteiger partial charge is 0.467 e. The number of rotatable bonds is 8. The van der Waals surface area contributed by atoms with E-state index in [1.165, 1.54) is 12.7 Å². The molecule has 21 heavy (non-hydrogen) atoms. The maximum atomic E-state index is 12.0. The van der Waals surface area contributed by atoms with Gasteiger partial charge in [0.15, 0.2) is 0 Å². The molecule has 0 aliphatic carbocycles. The summed E-state index contributed by atoms with van der Waals surface area (Å²) in [6, 6.07) is -0.579. The van der Waals surface area contributed by atoms with Gasteiger partial charge in [-0.15, -0.1) is 0 Å². The standard InChI is InChI=1S/C17H29NO3/c1-12(2)8-7-9-14(5)11-16(19)18-15(10-13(3)4)17(20)21-6/h8,11,13,15H,7,9-10H2,1-6H3,(H,18,19). The molecule has 0 aromatic carbocycles. The van der Waals surface area contributed by atoms with Gasteiger partial charge >= 0.3 is 5.97 Å². The number of carbonyl (C=O) groups is 2. The van der Waals surface area contributed by atoms with Crippen LogP contribution in [0.4, 0.5) is 0 Å². The molecule has 120 valence electrons. The molecule has 0 rings (SSSR count). The van der Waals surface area contributed by atoms with Gasteiger partial charge in [-0.3, -0.25) is 4.79 Å². The summed E-state index contributed by atoms with van der Waals surface area (Å²) in [5.74, 6) is -0.328. The minimum Gasteiger partial charge on any atom is -0.467 e. The van der Waals surface area contributed by atoms with E-state index in [2.05, 4.69) is 25.2 Å². The highest BCUT2D eigenvalue weighted by molar-refractivity contribution is 5.91. The Labute approximate surface area is 128 Å². The number of carbonyl (C=O) groups excluding carboxylic acids is 2. The van der Waals surface area contributed by atoms with Crippen molar-refractivity contribution in [2.24, 2.45) is 5.92 Å². The molecule has 0 bridgehead atoms. The first-order chi connectivity index (χ1) is 9.76. The van der Waals surface area contributed by atoms with E-state index in [1.807, 2.05) is 20.8 Å². The highest BCUT2D eigenvalue weighted by Crippen LogP contribution is 2.08. The molecule has 0 aromatic rings. The third kappa shape index (κ3) is 9.88. The maximum Gasteiger partial charge on any atom is 0.328 e. The Morgan fingerprint density at radius 2 is 1.81 bits per heavy atom. The van der Waals surface area contributed by atoms with Gasteiger partial charge in [-0.1, -0.05) is 31.1 Å². The Morgan fingerprint density at radius 3 is 2.29 bits per heavy atom. The summed E-state index contributed by atoms with van der Waals surface area (Å²) in [6.45, 7) is 10.0.